The maximum absolute atomic E-state index is 12.9. The van der Waals surface area contributed by atoms with Crippen molar-refractivity contribution in [2.75, 3.05) is 33.9 Å². The Morgan fingerprint density at radius 2 is 1.94 bits per heavy atom. The van der Waals surface area contributed by atoms with Crippen LogP contribution in [0.15, 0.2) is 29.7 Å². The van der Waals surface area contributed by atoms with Gasteiger partial charge in [-0.2, -0.15) is 0 Å². The largest absolute Gasteiger partial charge is 0.493 e. The van der Waals surface area contributed by atoms with Crippen molar-refractivity contribution < 1.29 is 23.9 Å². The second-order valence-electron chi connectivity index (χ2n) is 7.74. The van der Waals surface area contributed by atoms with Crippen molar-refractivity contribution in [3.05, 3.63) is 40.8 Å². The summed E-state index contributed by atoms with van der Waals surface area (Å²) >= 11 is 0.844. The third-order valence-corrected chi connectivity index (χ3v) is 6.45. The van der Waals surface area contributed by atoms with Crippen LogP contribution in [0.4, 0.5) is 4.79 Å². The van der Waals surface area contributed by atoms with Gasteiger partial charge in [-0.05, 0) is 60.7 Å². The Morgan fingerprint density at radius 1 is 1.23 bits per heavy atom. The van der Waals surface area contributed by atoms with Crippen molar-refractivity contribution in [2.24, 2.45) is 5.92 Å². The molecule has 3 rings (SSSR count). The zero-order valence-corrected chi connectivity index (χ0v) is 19.0. The molecule has 2 heterocycles. The molecule has 0 atom stereocenters. The summed E-state index contributed by atoms with van der Waals surface area (Å²) in [4.78, 5) is 40.9. The number of imide groups is 1. The van der Waals surface area contributed by atoms with Gasteiger partial charge >= 0.3 is 0 Å². The molecule has 0 saturated carbocycles. The van der Waals surface area contributed by atoms with E-state index in [0.717, 1.165) is 35.1 Å². The number of allylic oxidation sites excluding steroid dienone is 1. The molecule has 31 heavy (non-hydrogen) atoms. The molecule has 0 N–H and O–H groups in total. The molecule has 1 aromatic carbocycles. The summed E-state index contributed by atoms with van der Waals surface area (Å²) in [6.07, 6.45) is 5.85. The van der Waals surface area contributed by atoms with Gasteiger partial charge in [0.25, 0.3) is 11.1 Å². The van der Waals surface area contributed by atoms with E-state index in [1.807, 2.05) is 6.07 Å². The lowest BCUT2D eigenvalue weighted by Gasteiger charge is -2.31. The van der Waals surface area contributed by atoms with Crippen LogP contribution in [-0.2, 0) is 16.0 Å². The normalized spacial score (nSPS) is 18.6. The number of rotatable bonds is 7. The number of methoxy groups -OCH3 is 2. The van der Waals surface area contributed by atoms with E-state index < -0.39 is 11.1 Å². The van der Waals surface area contributed by atoms with Crippen LogP contribution in [0, 0.1) is 5.92 Å². The highest BCUT2D eigenvalue weighted by atomic mass is 32.2. The Morgan fingerprint density at radius 3 is 2.55 bits per heavy atom. The Hall–Kier alpha value is -2.74. The van der Waals surface area contributed by atoms with E-state index in [0.29, 0.717) is 42.5 Å². The van der Waals surface area contributed by atoms with Gasteiger partial charge in [-0.25, -0.2) is 0 Å². The highest BCUT2D eigenvalue weighted by Gasteiger charge is 2.37. The van der Waals surface area contributed by atoms with E-state index in [1.165, 1.54) is 0 Å². The van der Waals surface area contributed by atoms with E-state index in [-0.39, 0.29) is 17.4 Å². The van der Waals surface area contributed by atoms with Crippen molar-refractivity contribution in [1.29, 1.82) is 0 Å². The Kier molecular flexibility index (Phi) is 7.43. The number of likely N-dealkylation sites (tertiary alicyclic amines) is 1. The molecule has 3 amide bonds. The fraction of sp³-hybridized carbons (Fsp3) is 0.435. The molecule has 8 heteroatoms. The minimum Gasteiger partial charge on any atom is -0.493 e. The topological polar surface area (TPSA) is 76.2 Å². The van der Waals surface area contributed by atoms with Gasteiger partial charge in [0.05, 0.1) is 19.1 Å². The van der Waals surface area contributed by atoms with E-state index in [4.69, 9.17) is 9.47 Å². The van der Waals surface area contributed by atoms with Gasteiger partial charge < -0.3 is 14.4 Å². The molecule has 2 aliphatic rings. The first-order chi connectivity index (χ1) is 14.9. The summed E-state index contributed by atoms with van der Waals surface area (Å²) in [7, 11) is 3.11. The van der Waals surface area contributed by atoms with Crippen LogP contribution in [0.2, 0.25) is 0 Å². The van der Waals surface area contributed by atoms with Crippen molar-refractivity contribution in [3.8, 4) is 11.5 Å². The number of thioether (sulfide) groups is 1. The van der Waals surface area contributed by atoms with Gasteiger partial charge in [-0.3, -0.25) is 19.3 Å². The second kappa shape index (κ2) is 10.0. The van der Waals surface area contributed by atoms with Crippen molar-refractivity contribution >= 4 is 34.9 Å². The van der Waals surface area contributed by atoms with Crippen LogP contribution >= 0.6 is 11.8 Å². The van der Waals surface area contributed by atoms with Gasteiger partial charge in [0.1, 0.15) is 6.54 Å². The third-order valence-electron chi connectivity index (χ3n) is 5.54. The summed E-state index contributed by atoms with van der Waals surface area (Å²) in [6, 6.07) is 3.62. The number of hydrogen-bond acceptors (Lipinski definition) is 6. The van der Waals surface area contributed by atoms with Crippen molar-refractivity contribution in [3.63, 3.8) is 0 Å². The van der Waals surface area contributed by atoms with Crippen molar-refractivity contribution in [2.45, 2.75) is 26.2 Å². The third kappa shape index (κ3) is 5.12. The zero-order valence-electron chi connectivity index (χ0n) is 18.2. The predicted molar refractivity (Wildman–Crippen MR) is 121 cm³/mol. The lowest BCUT2D eigenvalue weighted by Crippen LogP contribution is -2.45. The lowest BCUT2D eigenvalue weighted by atomic mass is 9.99. The average Bonchev–Trinajstić information content (AvgIpc) is 3.01. The highest BCUT2D eigenvalue weighted by molar-refractivity contribution is 8.18. The molecule has 0 aliphatic carbocycles. The summed E-state index contributed by atoms with van der Waals surface area (Å²) in [5.41, 5.74) is 1.56. The fourth-order valence-corrected chi connectivity index (χ4v) is 4.58. The number of carbonyl (C=O) groups excluding carboxylic acids is 3. The number of ether oxygens (including phenoxy) is 2. The van der Waals surface area contributed by atoms with Crippen LogP contribution in [0.25, 0.3) is 6.08 Å². The minimum atomic E-state index is -0.450. The summed E-state index contributed by atoms with van der Waals surface area (Å²) < 4.78 is 10.9. The SMILES string of the molecule is C=CCc1cc(/C=C2\SC(=O)N(CC(=O)N3CCC(C)CC3)C2=O)cc(OC)c1OC. The Bertz CT molecular complexity index is 919. The highest BCUT2D eigenvalue weighted by Crippen LogP contribution is 2.37. The van der Waals surface area contributed by atoms with Gasteiger partial charge in [-0.1, -0.05) is 13.0 Å². The minimum absolute atomic E-state index is 0.185. The van der Waals surface area contributed by atoms with Gasteiger partial charge in [0, 0.05) is 18.7 Å². The number of nitrogens with zero attached hydrogens (tertiary/aromatic N) is 2. The molecule has 0 unspecified atom stereocenters. The number of carbonyl (C=O) groups is 3. The number of benzene rings is 1. The van der Waals surface area contributed by atoms with E-state index in [9.17, 15) is 14.4 Å². The number of piperidine rings is 1. The first-order valence-electron chi connectivity index (χ1n) is 10.3. The smallest absolute Gasteiger partial charge is 0.294 e. The fourth-order valence-electron chi connectivity index (χ4n) is 3.74. The number of amides is 3. The summed E-state index contributed by atoms with van der Waals surface area (Å²) in [5.74, 6) is 1.09. The standard InChI is InChI=1S/C23H28N2O5S/c1-5-6-17-11-16(12-18(29-3)21(17)30-4)13-19-22(27)25(23(28)31-19)14-20(26)24-9-7-15(2)8-10-24/h5,11-13,15H,1,6-10,14H2,2-4H3/b19-13-. The van der Waals surface area contributed by atoms with Crippen LogP contribution in [0.1, 0.15) is 30.9 Å². The molecule has 1 aromatic rings. The Balaban J connectivity index is 1.79. The quantitative estimate of drug-likeness (QED) is 0.471. The molecule has 0 radical (unpaired) electrons. The monoisotopic (exact) mass is 444 g/mol. The Labute approximate surface area is 187 Å². The van der Waals surface area contributed by atoms with E-state index >= 15 is 0 Å². The van der Waals surface area contributed by atoms with Crippen LogP contribution in [0.5, 0.6) is 11.5 Å². The molecule has 2 aliphatic heterocycles. The molecule has 2 fully saturated rings. The number of hydrogen-bond donors (Lipinski definition) is 0. The molecule has 0 spiro atoms. The van der Waals surface area contributed by atoms with Gasteiger partial charge in [0.15, 0.2) is 11.5 Å². The zero-order chi connectivity index (χ0) is 22.5. The summed E-state index contributed by atoms with van der Waals surface area (Å²) in [5, 5.41) is -0.429. The second-order valence-corrected chi connectivity index (χ2v) is 8.73. The van der Waals surface area contributed by atoms with Crippen molar-refractivity contribution in [1.82, 2.24) is 9.80 Å². The summed E-state index contributed by atoms with van der Waals surface area (Å²) in [6.45, 7) is 7.05. The molecule has 166 valence electrons. The molecular formula is C23H28N2O5S. The maximum Gasteiger partial charge on any atom is 0.294 e. The molecular weight excluding hydrogens is 416 g/mol. The van der Waals surface area contributed by atoms with E-state index in [1.54, 1.807) is 37.3 Å². The van der Waals surface area contributed by atoms with Gasteiger partial charge in [0.2, 0.25) is 5.91 Å². The lowest BCUT2D eigenvalue weighted by molar-refractivity contribution is -0.136. The van der Waals surface area contributed by atoms with Crippen LogP contribution in [0.3, 0.4) is 0 Å². The molecule has 0 aromatic heterocycles. The van der Waals surface area contributed by atoms with Gasteiger partial charge in [-0.15, -0.1) is 6.58 Å². The van der Waals surface area contributed by atoms with Crippen LogP contribution < -0.4 is 9.47 Å². The predicted octanol–water partition coefficient (Wildman–Crippen LogP) is 3.73. The maximum atomic E-state index is 12.9. The molecule has 2 saturated heterocycles. The molecule has 7 nitrogen and oxygen atoms in total. The molecule has 0 bridgehead atoms. The average molecular weight is 445 g/mol. The first kappa shape index (κ1) is 22.9. The first-order valence-corrected chi connectivity index (χ1v) is 11.1. The van der Waals surface area contributed by atoms with Crippen LogP contribution in [-0.4, -0.2) is 60.7 Å². The van der Waals surface area contributed by atoms with E-state index in [2.05, 4.69) is 13.5 Å².